The van der Waals surface area contributed by atoms with Gasteiger partial charge >= 0.3 is 5.97 Å². The van der Waals surface area contributed by atoms with E-state index >= 15 is 0 Å². The Kier molecular flexibility index (Phi) is 7.83. The fraction of sp³-hybridized carbons (Fsp3) is 0.458. The highest BCUT2D eigenvalue weighted by molar-refractivity contribution is 7.83. The standard InChI is InChI=1S/C22H27NO4S.C2H6/c1-13(2)20(21(24)27-22(4,5)6)23-28(25)15-8-9-16-17-11-14(3)7-10-18(17)26-19(16)12-15;1-2/h7-13,20,23H,1-6H3;1-2H3. The van der Waals surface area contributed by atoms with Crippen molar-refractivity contribution in [1.82, 2.24) is 4.72 Å². The Morgan fingerprint density at radius 1 is 1.03 bits per heavy atom. The van der Waals surface area contributed by atoms with Crippen LogP contribution in [0.5, 0.6) is 0 Å². The number of nitrogens with one attached hydrogen (secondary N) is 1. The average molecular weight is 432 g/mol. The highest BCUT2D eigenvalue weighted by Crippen LogP contribution is 2.30. The van der Waals surface area contributed by atoms with Crippen molar-refractivity contribution in [1.29, 1.82) is 0 Å². The molecule has 3 rings (SSSR count). The van der Waals surface area contributed by atoms with E-state index in [0.717, 1.165) is 21.9 Å². The third-order valence-corrected chi connectivity index (χ3v) is 5.52. The molecule has 2 atom stereocenters. The molecule has 0 aliphatic heterocycles. The second-order valence-electron chi connectivity index (χ2n) is 8.40. The summed E-state index contributed by atoms with van der Waals surface area (Å²) in [5.74, 6) is -0.479. The van der Waals surface area contributed by atoms with Gasteiger partial charge in [0.2, 0.25) is 0 Å². The quantitative estimate of drug-likeness (QED) is 0.511. The van der Waals surface area contributed by atoms with Gasteiger partial charge in [-0.1, -0.05) is 39.3 Å². The number of esters is 1. The van der Waals surface area contributed by atoms with Crippen molar-refractivity contribution in [2.24, 2.45) is 5.92 Å². The third kappa shape index (κ3) is 5.70. The van der Waals surface area contributed by atoms with Gasteiger partial charge in [-0.3, -0.25) is 4.79 Å². The summed E-state index contributed by atoms with van der Waals surface area (Å²) < 4.78 is 27.2. The predicted octanol–water partition coefficient (Wildman–Crippen LogP) is 5.90. The Hall–Kier alpha value is -2.18. The lowest BCUT2D eigenvalue weighted by Crippen LogP contribution is -2.45. The van der Waals surface area contributed by atoms with Crippen LogP contribution in [0.3, 0.4) is 0 Å². The Morgan fingerprint density at radius 2 is 1.70 bits per heavy atom. The molecule has 0 aliphatic carbocycles. The Balaban J connectivity index is 0.00000155. The van der Waals surface area contributed by atoms with Crippen LogP contribution >= 0.6 is 0 Å². The van der Waals surface area contributed by atoms with E-state index in [4.69, 9.17) is 9.15 Å². The number of carbonyl (C=O) groups is 1. The largest absolute Gasteiger partial charge is 0.459 e. The summed E-state index contributed by atoms with van der Waals surface area (Å²) in [5.41, 5.74) is 2.03. The van der Waals surface area contributed by atoms with E-state index in [1.807, 2.05) is 73.6 Å². The molecule has 30 heavy (non-hydrogen) atoms. The average Bonchev–Trinajstić information content (AvgIpc) is 3.02. The number of fused-ring (bicyclic) bond motifs is 3. The Labute approximate surface area is 181 Å². The summed E-state index contributed by atoms with van der Waals surface area (Å²) in [6, 6.07) is 10.8. The second-order valence-corrected chi connectivity index (χ2v) is 9.65. The van der Waals surface area contributed by atoms with E-state index in [2.05, 4.69) is 10.8 Å². The van der Waals surface area contributed by atoms with Crippen LogP contribution in [-0.2, 0) is 20.5 Å². The molecule has 6 heteroatoms. The van der Waals surface area contributed by atoms with Gasteiger partial charge in [0, 0.05) is 10.8 Å². The maximum absolute atomic E-state index is 12.9. The Morgan fingerprint density at radius 3 is 2.30 bits per heavy atom. The predicted molar refractivity (Wildman–Crippen MR) is 124 cm³/mol. The smallest absolute Gasteiger partial charge is 0.324 e. The first-order valence-corrected chi connectivity index (χ1v) is 11.5. The van der Waals surface area contributed by atoms with Gasteiger partial charge in [-0.05, 0) is 63.9 Å². The summed E-state index contributed by atoms with van der Waals surface area (Å²) >= 11 is 0. The molecular weight excluding hydrogens is 398 g/mol. The zero-order valence-electron chi connectivity index (χ0n) is 19.2. The van der Waals surface area contributed by atoms with Gasteiger partial charge in [-0.15, -0.1) is 0 Å². The van der Waals surface area contributed by atoms with Crippen LogP contribution in [0.2, 0.25) is 0 Å². The van der Waals surface area contributed by atoms with E-state index in [-0.39, 0.29) is 5.92 Å². The van der Waals surface area contributed by atoms with Crippen LogP contribution in [0.25, 0.3) is 21.9 Å². The first-order valence-electron chi connectivity index (χ1n) is 10.4. The minimum atomic E-state index is -1.58. The van der Waals surface area contributed by atoms with Gasteiger partial charge in [-0.25, -0.2) is 8.93 Å². The molecule has 2 unspecified atom stereocenters. The summed E-state index contributed by atoms with van der Waals surface area (Å²) in [4.78, 5) is 13.0. The van der Waals surface area contributed by atoms with Crippen LogP contribution in [0, 0.1) is 12.8 Å². The van der Waals surface area contributed by atoms with Crippen molar-refractivity contribution in [2.75, 3.05) is 0 Å². The SMILES string of the molecule is CC.Cc1ccc2oc3cc(S(=O)NC(C(=O)OC(C)(C)C)C(C)C)ccc3c2c1. The fourth-order valence-corrected chi connectivity index (χ4v) is 4.13. The number of aryl methyl sites for hydroxylation is 1. The highest BCUT2D eigenvalue weighted by Gasteiger charge is 2.29. The number of carbonyl (C=O) groups excluding carboxylic acids is 1. The topological polar surface area (TPSA) is 68.5 Å². The Bertz CT molecular complexity index is 1050. The molecule has 0 saturated carbocycles. The second kappa shape index (κ2) is 9.75. The van der Waals surface area contributed by atoms with Gasteiger partial charge in [-0.2, -0.15) is 0 Å². The maximum atomic E-state index is 12.9. The zero-order valence-corrected chi connectivity index (χ0v) is 20.0. The van der Waals surface area contributed by atoms with Crippen LogP contribution in [-0.4, -0.2) is 21.8 Å². The molecule has 0 spiro atoms. The van der Waals surface area contributed by atoms with Crippen LogP contribution < -0.4 is 4.72 Å². The van der Waals surface area contributed by atoms with Crippen molar-refractivity contribution >= 4 is 38.9 Å². The fourth-order valence-electron chi connectivity index (χ4n) is 2.99. The van der Waals surface area contributed by atoms with Crippen molar-refractivity contribution in [2.45, 2.75) is 71.9 Å². The molecule has 0 amide bonds. The molecule has 164 valence electrons. The van der Waals surface area contributed by atoms with Crippen LogP contribution in [0.15, 0.2) is 45.7 Å². The molecule has 0 fully saturated rings. The zero-order chi connectivity index (χ0) is 22.6. The van der Waals surface area contributed by atoms with E-state index < -0.39 is 28.6 Å². The number of hydrogen-bond donors (Lipinski definition) is 1. The summed E-state index contributed by atoms with van der Waals surface area (Å²) in [7, 11) is -1.58. The van der Waals surface area contributed by atoms with Gasteiger partial charge in [0.15, 0.2) is 0 Å². The summed E-state index contributed by atoms with van der Waals surface area (Å²) in [6.45, 7) is 15.3. The van der Waals surface area contributed by atoms with E-state index in [0.29, 0.717) is 10.5 Å². The molecule has 5 nitrogen and oxygen atoms in total. The summed E-state index contributed by atoms with van der Waals surface area (Å²) in [6.07, 6.45) is 0. The lowest BCUT2D eigenvalue weighted by atomic mass is 10.1. The van der Waals surface area contributed by atoms with E-state index in [1.54, 1.807) is 12.1 Å². The van der Waals surface area contributed by atoms with Crippen molar-refractivity contribution < 1.29 is 18.2 Å². The minimum absolute atomic E-state index is 0.0725. The number of rotatable bonds is 5. The molecular formula is C24H33NO4S. The van der Waals surface area contributed by atoms with Crippen molar-refractivity contribution in [3.63, 3.8) is 0 Å². The van der Waals surface area contributed by atoms with Crippen molar-refractivity contribution in [3.05, 3.63) is 42.0 Å². The number of furan rings is 1. The molecule has 0 saturated heterocycles. The molecule has 1 heterocycles. The van der Waals surface area contributed by atoms with E-state index in [1.165, 1.54) is 0 Å². The minimum Gasteiger partial charge on any atom is -0.459 e. The van der Waals surface area contributed by atoms with Crippen LogP contribution in [0.4, 0.5) is 0 Å². The first-order chi connectivity index (χ1) is 14.0. The molecule has 3 aromatic rings. The summed E-state index contributed by atoms with van der Waals surface area (Å²) in [5, 5.41) is 2.01. The van der Waals surface area contributed by atoms with Gasteiger partial charge < -0.3 is 9.15 Å². The third-order valence-electron chi connectivity index (χ3n) is 4.37. The first kappa shape index (κ1) is 24.1. The van der Waals surface area contributed by atoms with Crippen LogP contribution in [0.1, 0.15) is 54.0 Å². The number of ether oxygens (including phenoxy) is 1. The van der Waals surface area contributed by atoms with E-state index in [9.17, 15) is 9.00 Å². The molecule has 2 aromatic carbocycles. The van der Waals surface area contributed by atoms with Gasteiger partial charge in [0.1, 0.15) is 33.8 Å². The monoisotopic (exact) mass is 431 g/mol. The normalized spacial score (nSPS) is 13.8. The maximum Gasteiger partial charge on any atom is 0.324 e. The van der Waals surface area contributed by atoms with Gasteiger partial charge in [0.05, 0.1) is 4.90 Å². The molecule has 1 aromatic heterocycles. The molecule has 0 bridgehead atoms. The lowest BCUT2D eigenvalue weighted by molar-refractivity contribution is -0.158. The molecule has 0 aliphatic rings. The number of benzene rings is 2. The van der Waals surface area contributed by atoms with Gasteiger partial charge in [0.25, 0.3) is 0 Å². The molecule has 1 N–H and O–H groups in total. The van der Waals surface area contributed by atoms with Crippen molar-refractivity contribution in [3.8, 4) is 0 Å². The highest BCUT2D eigenvalue weighted by atomic mass is 32.2. The number of hydrogen-bond acceptors (Lipinski definition) is 4. The lowest BCUT2D eigenvalue weighted by Gasteiger charge is -2.26. The molecule has 0 radical (unpaired) electrons.